The molecule has 2 heterocycles. The van der Waals surface area contributed by atoms with Crippen molar-refractivity contribution in [1.29, 1.82) is 0 Å². The molecule has 0 aromatic carbocycles. The van der Waals surface area contributed by atoms with E-state index < -0.39 is 17.8 Å². The Kier molecular flexibility index (Phi) is 3.45. The number of amides is 4. The fourth-order valence-electron chi connectivity index (χ4n) is 1.94. The van der Waals surface area contributed by atoms with E-state index in [2.05, 4.69) is 5.32 Å². The van der Waals surface area contributed by atoms with Gasteiger partial charge in [-0.05, 0) is 25.5 Å². The Bertz CT molecular complexity index is 446. The lowest BCUT2D eigenvalue weighted by atomic mass is 10.1. The summed E-state index contributed by atoms with van der Waals surface area (Å²) in [7, 11) is 0. The van der Waals surface area contributed by atoms with E-state index in [1.54, 1.807) is 19.3 Å². The predicted molar refractivity (Wildman–Crippen MR) is 61.5 cm³/mol. The lowest BCUT2D eigenvalue weighted by molar-refractivity contribution is -0.137. The van der Waals surface area contributed by atoms with Crippen molar-refractivity contribution in [3.05, 3.63) is 24.2 Å². The topological polar surface area (TPSA) is 79.6 Å². The van der Waals surface area contributed by atoms with Gasteiger partial charge in [0, 0.05) is 12.5 Å². The van der Waals surface area contributed by atoms with Crippen molar-refractivity contribution in [2.45, 2.75) is 32.2 Å². The van der Waals surface area contributed by atoms with E-state index in [1.807, 2.05) is 6.07 Å². The van der Waals surface area contributed by atoms with Crippen LogP contribution in [0.15, 0.2) is 22.8 Å². The van der Waals surface area contributed by atoms with Crippen molar-refractivity contribution in [3.8, 4) is 0 Å². The minimum atomic E-state index is -0.636. The van der Waals surface area contributed by atoms with Crippen molar-refractivity contribution >= 4 is 17.8 Å². The second kappa shape index (κ2) is 5.03. The molecule has 18 heavy (non-hydrogen) atoms. The Balaban J connectivity index is 1.95. The number of urea groups is 1. The molecule has 1 fully saturated rings. The number of hydrogen-bond acceptors (Lipinski definition) is 4. The van der Waals surface area contributed by atoms with Crippen LogP contribution >= 0.6 is 0 Å². The van der Waals surface area contributed by atoms with Gasteiger partial charge < -0.3 is 4.42 Å². The number of nitrogens with zero attached hydrogens (tertiary/aromatic N) is 1. The van der Waals surface area contributed by atoms with Crippen molar-refractivity contribution in [3.63, 3.8) is 0 Å². The quantitative estimate of drug-likeness (QED) is 0.810. The Labute approximate surface area is 104 Å². The summed E-state index contributed by atoms with van der Waals surface area (Å²) in [5.41, 5.74) is 0. The summed E-state index contributed by atoms with van der Waals surface area (Å²) in [6.45, 7) is 1.77. The summed E-state index contributed by atoms with van der Waals surface area (Å²) >= 11 is 0. The molecule has 1 aromatic rings. The van der Waals surface area contributed by atoms with Crippen molar-refractivity contribution < 1.29 is 18.8 Å². The molecule has 0 spiro atoms. The first-order valence-electron chi connectivity index (χ1n) is 5.76. The zero-order chi connectivity index (χ0) is 13.1. The molecule has 1 aromatic heterocycles. The molecule has 1 aliphatic rings. The van der Waals surface area contributed by atoms with Crippen LogP contribution in [0.25, 0.3) is 0 Å². The van der Waals surface area contributed by atoms with Gasteiger partial charge in [-0.3, -0.25) is 19.8 Å². The molecule has 0 aliphatic carbocycles. The molecule has 4 amide bonds. The second-order valence-corrected chi connectivity index (χ2v) is 4.26. The highest BCUT2D eigenvalue weighted by Crippen LogP contribution is 2.14. The second-order valence-electron chi connectivity index (χ2n) is 4.26. The number of furan rings is 1. The molecule has 1 aliphatic heterocycles. The number of nitrogens with one attached hydrogen (secondary N) is 1. The standard InChI is InChI=1S/C12H14N2O4/c1-8(4-5-9-3-2-6-18-9)14-11(16)7-10(15)13-12(14)17/h2-3,6,8H,4-5,7H2,1H3,(H,13,15,17). The third-order valence-corrected chi connectivity index (χ3v) is 2.88. The largest absolute Gasteiger partial charge is 0.469 e. The average Bonchev–Trinajstić information content (AvgIpc) is 2.77. The van der Waals surface area contributed by atoms with Crippen LogP contribution in [-0.4, -0.2) is 28.8 Å². The van der Waals surface area contributed by atoms with Crippen LogP contribution in [0.5, 0.6) is 0 Å². The number of carbonyl (C=O) groups excluding carboxylic acids is 3. The number of hydrogen-bond donors (Lipinski definition) is 1. The lowest BCUT2D eigenvalue weighted by Gasteiger charge is -2.30. The van der Waals surface area contributed by atoms with Gasteiger partial charge in [0.05, 0.1) is 6.26 Å². The molecular formula is C12H14N2O4. The number of imide groups is 2. The van der Waals surface area contributed by atoms with E-state index in [-0.39, 0.29) is 12.5 Å². The maximum absolute atomic E-state index is 11.6. The molecule has 0 bridgehead atoms. The molecular weight excluding hydrogens is 236 g/mol. The monoisotopic (exact) mass is 250 g/mol. The first-order valence-corrected chi connectivity index (χ1v) is 5.76. The first-order chi connectivity index (χ1) is 8.58. The van der Waals surface area contributed by atoms with E-state index in [4.69, 9.17) is 4.42 Å². The molecule has 0 radical (unpaired) electrons. The van der Waals surface area contributed by atoms with Gasteiger partial charge in [-0.1, -0.05) is 0 Å². The molecule has 2 rings (SSSR count). The van der Waals surface area contributed by atoms with Crippen LogP contribution in [0.2, 0.25) is 0 Å². The maximum Gasteiger partial charge on any atom is 0.331 e. The number of aryl methyl sites for hydroxylation is 1. The summed E-state index contributed by atoms with van der Waals surface area (Å²) in [4.78, 5) is 35.3. The maximum atomic E-state index is 11.6. The molecule has 1 saturated heterocycles. The van der Waals surface area contributed by atoms with Gasteiger partial charge in [-0.25, -0.2) is 4.79 Å². The predicted octanol–water partition coefficient (Wildman–Crippen LogP) is 1.07. The van der Waals surface area contributed by atoms with Crippen molar-refractivity contribution in [2.24, 2.45) is 0 Å². The van der Waals surface area contributed by atoms with Gasteiger partial charge in [0.1, 0.15) is 12.2 Å². The Hall–Kier alpha value is -2.11. The van der Waals surface area contributed by atoms with E-state index in [0.717, 1.165) is 10.7 Å². The van der Waals surface area contributed by atoms with Gasteiger partial charge in [-0.2, -0.15) is 0 Å². The van der Waals surface area contributed by atoms with Crippen LogP contribution < -0.4 is 5.32 Å². The van der Waals surface area contributed by atoms with Crippen LogP contribution in [0, 0.1) is 0 Å². The summed E-state index contributed by atoms with van der Waals surface area (Å²) < 4.78 is 5.18. The van der Waals surface area contributed by atoms with E-state index in [1.165, 1.54) is 0 Å². The number of rotatable bonds is 4. The highest BCUT2D eigenvalue weighted by molar-refractivity contribution is 6.14. The smallest absolute Gasteiger partial charge is 0.331 e. The Morgan fingerprint density at radius 1 is 1.44 bits per heavy atom. The fourth-order valence-corrected chi connectivity index (χ4v) is 1.94. The molecule has 1 unspecified atom stereocenters. The summed E-state index contributed by atoms with van der Waals surface area (Å²) in [6, 6.07) is 2.73. The minimum Gasteiger partial charge on any atom is -0.469 e. The SMILES string of the molecule is CC(CCc1ccco1)N1C(=O)CC(=O)NC1=O. The van der Waals surface area contributed by atoms with Crippen LogP contribution in [0.3, 0.4) is 0 Å². The van der Waals surface area contributed by atoms with E-state index >= 15 is 0 Å². The molecule has 0 saturated carbocycles. The molecule has 6 heteroatoms. The van der Waals surface area contributed by atoms with Crippen molar-refractivity contribution in [2.75, 3.05) is 0 Å². The summed E-state index contributed by atoms with van der Waals surface area (Å²) in [5.74, 6) is -0.182. The summed E-state index contributed by atoms with van der Waals surface area (Å²) in [6.07, 6.45) is 2.55. The Morgan fingerprint density at radius 2 is 2.22 bits per heavy atom. The molecule has 96 valence electrons. The van der Waals surface area contributed by atoms with Gasteiger partial charge in [-0.15, -0.1) is 0 Å². The fraction of sp³-hybridized carbons (Fsp3) is 0.417. The molecule has 6 nitrogen and oxygen atoms in total. The van der Waals surface area contributed by atoms with Gasteiger partial charge in [0.25, 0.3) is 0 Å². The van der Waals surface area contributed by atoms with Crippen LogP contribution in [0.4, 0.5) is 4.79 Å². The van der Waals surface area contributed by atoms with Gasteiger partial charge in [0.15, 0.2) is 0 Å². The molecule has 1 N–H and O–H groups in total. The lowest BCUT2D eigenvalue weighted by Crippen LogP contribution is -2.55. The van der Waals surface area contributed by atoms with Crippen LogP contribution in [0.1, 0.15) is 25.5 Å². The van der Waals surface area contributed by atoms with Gasteiger partial charge in [0.2, 0.25) is 11.8 Å². The minimum absolute atomic E-state index is 0.267. The van der Waals surface area contributed by atoms with Gasteiger partial charge >= 0.3 is 6.03 Å². The van der Waals surface area contributed by atoms with Crippen LogP contribution in [-0.2, 0) is 16.0 Å². The average molecular weight is 250 g/mol. The normalized spacial score (nSPS) is 17.8. The number of barbiturate groups is 1. The zero-order valence-electron chi connectivity index (χ0n) is 10.0. The van der Waals surface area contributed by atoms with Crippen molar-refractivity contribution in [1.82, 2.24) is 10.2 Å². The van der Waals surface area contributed by atoms with E-state index in [9.17, 15) is 14.4 Å². The van der Waals surface area contributed by atoms with E-state index in [0.29, 0.717) is 12.8 Å². The Morgan fingerprint density at radius 3 is 2.83 bits per heavy atom. The summed E-state index contributed by atoms with van der Waals surface area (Å²) in [5, 5.41) is 2.14. The zero-order valence-corrected chi connectivity index (χ0v) is 10.0. The first kappa shape index (κ1) is 12.3. The highest BCUT2D eigenvalue weighted by Gasteiger charge is 2.33. The third-order valence-electron chi connectivity index (χ3n) is 2.88. The third kappa shape index (κ3) is 2.58. The highest BCUT2D eigenvalue weighted by atomic mass is 16.3. The number of carbonyl (C=O) groups is 3. The molecule has 1 atom stereocenters.